The smallest absolute Gasteiger partial charge is 0.298 e. The molecule has 0 aliphatic heterocycles. The zero-order valence-corrected chi connectivity index (χ0v) is 16.8. The van der Waals surface area contributed by atoms with E-state index in [0.717, 1.165) is 0 Å². The summed E-state index contributed by atoms with van der Waals surface area (Å²) in [5, 5.41) is 12.1. The summed E-state index contributed by atoms with van der Waals surface area (Å²) in [6, 6.07) is 13.9. The predicted octanol–water partition coefficient (Wildman–Crippen LogP) is 4.06. The monoisotopic (exact) mass is 438 g/mol. The minimum absolute atomic E-state index is 0.0530. The van der Waals surface area contributed by atoms with Gasteiger partial charge in [-0.15, -0.1) is 0 Å². The van der Waals surface area contributed by atoms with Crippen molar-refractivity contribution in [2.24, 2.45) is 5.84 Å². The number of amides is 1. The van der Waals surface area contributed by atoms with Crippen LogP contribution >= 0.6 is 11.6 Å². The molecular weight excluding hydrogens is 424 g/mol. The topological polar surface area (TPSA) is 133 Å². The quantitative estimate of drug-likeness (QED) is 0.213. The lowest BCUT2D eigenvalue weighted by Crippen LogP contribution is -2.30. The van der Waals surface area contributed by atoms with Crippen LogP contribution in [0.4, 0.5) is 5.69 Å². The van der Waals surface area contributed by atoms with Gasteiger partial charge >= 0.3 is 0 Å². The van der Waals surface area contributed by atoms with Gasteiger partial charge in [0.1, 0.15) is 5.76 Å². The van der Waals surface area contributed by atoms with Crippen LogP contribution in [0.1, 0.15) is 26.6 Å². The van der Waals surface area contributed by atoms with Crippen LogP contribution < -0.4 is 11.3 Å². The standard InChI is InChI=1S/C21H15ClN4O5/c1-11-19(20(27)24-23)14-4-2-3-5-15(14)25(11)21(28)18-9-8-17(31-18)13-7-6-12(22)10-16(13)26(29)30/h2-10H,23H2,1H3,(H,24,27). The maximum absolute atomic E-state index is 13.3. The first-order valence-corrected chi connectivity index (χ1v) is 9.41. The average molecular weight is 439 g/mol. The van der Waals surface area contributed by atoms with Crippen molar-refractivity contribution in [3.05, 3.63) is 86.8 Å². The highest BCUT2D eigenvalue weighted by Gasteiger charge is 2.26. The Hall–Kier alpha value is -3.95. The largest absolute Gasteiger partial charge is 0.451 e. The van der Waals surface area contributed by atoms with E-state index in [1.54, 1.807) is 31.2 Å². The molecule has 3 N–H and O–H groups in total. The van der Waals surface area contributed by atoms with Crippen molar-refractivity contribution >= 4 is 40.0 Å². The molecular formula is C21H15ClN4O5. The molecule has 0 aliphatic rings. The van der Waals surface area contributed by atoms with Gasteiger partial charge in [0.2, 0.25) is 0 Å². The molecule has 0 radical (unpaired) electrons. The molecule has 2 aromatic heterocycles. The second-order valence-corrected chi connectivity index (χ2v) is 7.11. The molecule has 0 aliphatic carbocycles. The Kier molecular flexibility index (Phi) is 5.05. The molecule has 0 bridgehead atoms. The van der Waals surface area contributed by atoms with Crippen molar-refractivity contribution in [2.75, 3.05) is 0 Å². The van der Waals surface area contributed by atoms with E-state index in [1.165, 1.54) is 34.9 Å². The predicted molar refractivity (Wildman–Crippen MR) is 114 cm³/mol. The number of rotatable bonds is 4. The van der Waals surface area contributed by atoms with Gasteiger partial charge in [-0.05, 0) is 37.3 Å². The Morgan fingerprint density at radius 1 is 1.16 bits per heavy atom. The number of nitro groups is 1. The minimum Gasteiger partial charge on any atom is -0.451 e. The number of fused-ring (bicyclic) bond motifs is 1. The number of carbonyl (C=O) groups is 2. The fourth-order valence-corrected chi connectivity index (χ4v) is 3.73. The third-order valence-corrected chi connectivity index (χ3v) is 5.15. The van der Waals surface area contributed by atoms with Gasteiger partial charge in [-0.2, -0.15) is 0 Å². The van der Waals surface area contributed by atoms with E-state index in [0.29, 0.717) is 16.6 Å². The molecule has 156 valence electrons. The first-order chi connectivity index (χ1) is 14.8. The molecule has 4 aromatic rings. The van der Waals surface area contributed by atoms with Gasteiger partial charge in [0.15, 0.2) is 5.76 Å². The summed E-state index contributed by atoms with van der Waals surface area (Å²) >= 11 is 5.86. The van der Waals surface area contributed by atoms with E-state index < -0.39 is 16.7 Å². The number of benzene rings is 2. The van der Waals surface area contributed by atoms with Crippen molar-refractivity contribution < 1.29 is 18.9 Å². The van der Waals surface area contributed by atoms with Gasteiger partial charge in [0, 0.05) is 22.2 Å². The summed E-state index contributed by atoms with van der Waals surface area (Å²) in [6.45, 7) is 1.62. The summed E-state index contributed by atoms with van der Waals surface area (Å²) in [6.07, 6.45) is 0. The molecule has 0 unspecified atom stereocenters. The number of furan rings is 1. The average Bonchev–Trinajstić information content (AvgIpc) is 3.35. The molecule has 0 saturated carbocycles. The number of hydrogen-bond acceptors (Lipinski definition) is 6. The number of halogens is 1. The number of carbonyl (C=O) groups excluding carboxylic acids is 2. The fraction of sp³-hybridized carbons (Fsp3) is 0.0476. The van der Waals surface area contributed by atoms with Gasteiger partial charge in [0.25, 0.3) is 17.5 Å². The van der Waals surface area contributed by atoms with Gasteiger partial charge in [-0.25, -0.2) is 5.84 Å². The molecule has 0 fully saturated rings. The van der Waals surface area contributed by atoms with Crippen LogP contribution in [0.5, 0.6) is 0 Å². The number of hydrogen-bond donors (Lipinski definition) is 2. The second kappa shape index (κ2) is 7.71. The lowest BCUT2D eigenvalue weighted by atomic mass is 10.1. The van der Waals surface area contributed by atoms with E-state index in [1.807, 2.05) is 0 Å². The maximum atomic E-state index is 13.3. The highest BCUT2D eigenvalue weighted by atomic mass is 35.5. The van der Waals surface area contributed by atoms with E-state index in [2.05, 4.69) is 5.43 Å². The number of nitrogen functional groups attached to an aromatic ring is 1. The van der Waals surface area contributed by atoms with Crippen LogP contribution in [-0.2, 0) is 0 Å². The molecule has 0 saturated heterocycles. The summed E-state index contributed by atoms with van der Waals surface area (Å²) in [4.78, 5) is 36.4. The van der Waals surface area contributed by atoms with Crippen molar-refractivity contribution in [1.82, 2.24) is 9.99 Å². The van der Waals surface area contributed by atoms with Crippen LogP contribution in [0.3, 0.4) is 0 Å². The number of nitro benzene ring substituents is 1. The molecule has 4 rings (SSSR count). The fourth-order valence-electron chi connectivity index (χ4n) is 3.56. The third-order valence-electron chi connectivity index (χ3n) is 4.91. The molecule has 0 spiro atoms. The highest BCUT2D eigenvalue weighted by Crippen LogP contribution is 2.34. The van der Waals surface area contributed by atoms with Crippen LogP contribution in [-0.4, -0.2) is 21.3 Å². The van der Waals surface area contributed by atoms with Gasteiger partial charge in [-0.1, -0.05) is 29.8 Å². The Labute approximate surface area is 180 Å². The molecule has 9 nitrogen and oxygen atoms in total. The van der Waals surface area contributed by atoms with Crippen molar-refractivity contribution in [2.45, 2.75) is 6.92 Å². The van der Waals surface area contributed by atoms with Crippen LogP contribution in [0.15, 0.2) is 59.0 Å². The Balaban J connectivity index is 1.83. The molecule has 1 amide bonds. The van der Waals surface area contributed by atoms with E-state index >= 15 is 0 Å². The maximum Gasteiger partial charge on any atom is 0.298 e. The Bertz CT molecular complexity index is 1370. The first kappa shape index (κ1) is 20.3. The number of nitrogens with one attached hydrogen (secondary N) is 1. The third kappa shape index (κ3) is 3.35. The van der Waals surface area contributed by atoms with Crippen molar-refractivity contribution in [1.29, 1.82) is 0 Å². The van der Waals surface area contributed by atoms with E-state index in [-0.39, 0.29) is 33.4 Å². The van der Waals surface area contributed by atoms with Crippen molar-refractivity contribution in [3.63, 3.8) is 0 Å². The number of para-hydroxylation sites is 1. The van der Waals surface area contributed by atoms with Crippen LogP contribution in [0, 0.1) is 17.0 Å². The zero-order valence-electron chi connectivity index (χ0n) is 16.1. The Morgan fingerprint density at radius 3 is 2.61 bits per heavy atom. The molecule has 2 heterocycles. The van der Waals surface area contributed by atoms with Gasteiger partial charge < -0.3 is 4.42 Å². The molecule has 31 heavy (non-hydrogen) atoms. The summed E-state index contributed by atoms with van der Waals surface area (Å²) in [7, 11) is 0. The Morgan fingerprint density at radius 2 is 1.90 bits per heavy atom. The summed E-state index contributed by atoms with van der Waals surface area (Å²) in [5.74, 6) is 4.32. The first-order valence-electron chi connectivity index (χ1n) is 9.03. The number of nitrogens with two attached hydrogens (primary N) is 1. The van der Waals surface area contributed by atoms with Gasteiger partial charge in [-0.3, -0.25) is 29.7 Å². The normalized spacial score (nSPS) is 10.9. The molecule has 10 heteroatoms. The minimum atomic E-state index is -0.577. The molecule has 0 atom stereocenters. The lowest BCUT2D eigenvalue weighted by molar-refractivity contribution is -0.384. The van der Waals surface area contributed by atoms with E-state index in [4.69, 9.17) is 21.9 Å². The van der Waals surface area contributed by atoms with E-state index in [9.17, 15) is 19.7 Å². The van der Waals surface area contributed by atoms with Crippen LogP contribution in [0.2, 0.25) is 5.02 Å². The van der Waals surface area contributed by atoms with Crippen molar-refractivity contribution in [3.8, 4) is 11.3 Å². The SMILES string of the molecule is Cc1c(C(=O)NN)c2ccccc2n1C(=O)c1ccc(-c2ccc(Cl)cc2[N+](=O)[O-])o1. The zero-order chi connectivity index (χ0) is 22.3. The number of nitrogens with zero attached hydrogens (tertiary/aromatic N) is 2. The van der Waals surface area contributed by atoms with Crippen LogP contribution in [0.25, 0.3) is 22.2 Å². The summed E-state index contributed by atoms with van der Waals surface area (Å²) in [5.41, 5.74) is 3.18. The summed E-state index contributed by atoms with van der Waals surface area (Å²) < 4.78 is 7.02. The number of hydrazine groups is 1. The lowest BCUT2D eigenvalue weighted by Gasteiger charge is -2.05. The highest BCUT2D eigenvalue weighted by molar-refractivity contribution is 6.31. The molecule has 2 aromatic carbocycles. The second-order valence-electron chi connectivity index (χ2n) is 6.67. The van der Waals surface area contributed by atoms with Gasteiger partial charge in [0.05, 0.1) is 21.6 Å². The number of aromatic nitrogens is 1.